The molecular formula is C12H8BrClF2N2O2S. The first kappa shape index (κ1) is 16.0. The van der Waals surface area contributed by atoms with Crippen LogP contribution in [0.25, 0.3) is 0 Å². The number of nitrogen functional groups attached to an aromatic ring is 1. The van der Waals surface area contributed by atoms with Crippen molar-refractivity contribution in [3.63, 3.8) is 0 Å². The highest BCUT2D eigenvalue weighted by Gasteiger charge is 2.20. The second kappa shape index (κ2) is 5.78. The quantitative estimate of drug-likeness (QED) is 0.612. The number of nitrogens with two attached hydrogens (primary N) is 1. The molecule has 112 valence electrons. The molecule has 2 aromatic carbocycles. The van der Waals surface area contributed by atoms with Crippen molar-refractivity contribution >= 4 is 48.9 Å². The van der Waals surface area contributed by atoms with Gasteiger partial charge >= 0.3 is 0 Å². The van der Waals surface area contributed by atoms with E-state index in [4.69, 9.17) is 17.3 Å². The molecule has 4 nitrogen and oxygen atoms in total. The lowest BCUT2D eigenvalue weighted by Crippen LogP contribution is -2.16. The summed E-state index contributed by atoms with van der Waals surface area (Å²) in [5.41, 5.74) is 4.97. The summed E-state index contributed by atoms with van der Waals surface area (Å²) in [5, 5.41) is 0.145. The van der Waals surface area contributed by atoms with Crippen LogP contribution in [0.2, 0.25) is 5.02 Å². The van der Waals surface area contributed by atoms with Crippen LogP contribution >= 0.6 is 27.5 Å². The number of hydrogen-bond donors (Lipinski definition) is 2. The molecule has 0 saturated carbocycles. The summed E-state index contributed by atoms with van der Waals surface area (Å²) >= 11 is 8.51. The molecule has 0 amide bonds. The van der Waals surface area contributed by atoms with Gasteiger partial charge in [0, 0.05) is 11.1 Å². The Balaban J connectivity index is 2.47. The lowest BCUT2D eigenvalue weighted by atomic mass is 10.3. The van der Waals surface area contributed by atoms with Gasteiger partial charge in [-0.3, -0.25) is 4.72 Å². The Bertz CT molecular complexity index is 815. The minimum atomic E-state index is -4.20. The van der Waals surface area contributed by atoms with Crippen molar-refractivity contribution in [3.8, 4) is 0 Å². The van der Waals surface area contributed by atoms with Gasteiger partial charge in [0.1, 0.15) is 16.5 Å². The molecule has 0 spiro atoms. The summed E-state index contributed by atoms with van der Waals surface area (Å²) in [6.45, 7) is 0. The van der Waals surface area contributed by atoms with Crippen molar-refractivity contribution < 1.29 is 17.2 Å². The fraction of sp³-hybridized carbons (Fsp3) is 0. The molecule has 9 heteroatoms. The van der Waals surface area contributed by atoms with Crippen molar-refractivity contribution in [3.05, 3.63) is 51.5 Å². The fourth-order valence-electron chi connectivity index (χ4n) is 1.54. The van der Waals surface area contributed by atoms with E-state index in [1.165, 1.54) is 12.1 Å². The summed E-state index contributed by atoms with van der Waals surface area (Å²) < 4.78 is 53.2. The van der Waals surface area contributed by atoms with Crippen molar-refractivity contribution in [2.24, 2.45) is 0 Å². The first-order valence-electron chi connectivity index (χ1n) is 5.43. The van der Waals surface area contributed by atoms with Crippen LogP contribution in [-0.2, 0) is 10.0 Å². The van der Waals surface area contributed by atoms with E-state index in [9.17, 15) is 17.2 Å². The summed E-state index contributed by atoms with van der Waals surface area (Å²) in [7, 11) is -4.20. The maximum absolute atomic E-state index is 13.7. The van der Waals surface area contributed by atoms with Gasteiger partial charge in [-0.05, 0) is 40.2 Å². The average molecular weight is 398 g/mol. The zero-order valence-corrected chi connectivity index (χ0v) is 13.4. The molecule has 2 rings (SSSR count). The van der Waals surface area contributed by atoms with Crippen molar-refractivity contribution in [2.75, 3.05) is 10.5 Å². The molecule has 0 aliphatic rings. The van der Waals surface area contributed by atoms with E-state index < -0.39 is 27.3 Å². The molecule has 0 heterocycles. The maximum atomic E-state index is 13.7. The predicted octanol–water partition coefficient (Wildman–Crippen LogP) is 3.76. The first-order valence-corrected chi connectivity index (χ1v) is 8.08. The molecule has 21 heavy (non-hydrogen) atoms. The van der Waals surface area contributed by atoms with Crippen LogP contribution in [0.3, 0.4) is 0 Å². The Morgan fingerprint density at radius 2 is 1.81 bits per heavy atom. The minimum absolute atomic E-state index is 0.0649. The summed E-state index contributed by atoms with van der Waals surface area (Å²) in [6, 6.07) is 5.36. The molecule has 0 radical (unpaired) electrons. The Morgan fingerprint density at radius 3 is 2.48 bits per heavy atom. The van der Waals surface area contributed by atoms with Crippen molar-refractivity contribution in [1.82, 2.24) is 0 Å². The second-order valence-corrected chi connectivity index (χ2v) is 6.98. The molecule has 0 bridgehead atoms. The molecule has 0 aliphatic carbocycles. The van der Waals surface area contributed by atoms with Crippen LogP contribution in [-0.4, -0.2) is 8.42 Å². The predicted molar refractivity (Wildman–Crippen MR) is 80.7 cm³/mol. The minimum Gasteiger partial charge on any atom is -0.398 e. The maximum Gasteiger partial charge on any atom is 0.264 e. The zero-order valence-electron chi connectivity index (χ0n) is 10.2. The molecule has 2 aromatic rings. The number of sulfonamides is 1. The van der Waals surface area contributed by atoms with E-state index in [2.05, 4.69) is 15.9 Å². The van der Waals surface area contributed by atoms with Crippen LogP contribution in [0, 0.1) is 11.6 Å². The molecule has 0 aliphatic heterocycles. The van der Waals surface area contributed by atoms with E-state index in [0.29, 0.717) is 0 Å². The lowest BCUT2D eigenvalue weighted by Gasteiger charge is -2.11. The third-order valence-corrected chi connectivity index (χ3v) is 4.78. The fourth-order valence-corrected chi connectivity index (χ4v) is 3.31. The largest absolute Gasteiger partial charge is 0.398 e. The van der Waals surface area contributed by atoms with Crippen LogP contribution < -0.4 is 10.5 Å². The van der Waals surface area contributed by atoms with E-state index in [-0.39, 0.29) is 20.1 Å². The molecular weight excluding hydrogens is 390 g/mol. The Hall–Kier alpha value is -1.38. The smallest absolute Gasteiger partial charge is 0.264 e. The summed E-state index contributed by atoms with van der Waals surface area (Å²) in [6.07, 6.45) is 0. The molecule has 0 saturated heterocycles. The molecule has 0 atom stereocenters. The molecule has 3 N–H and O–H groups in total. The first-order chi connectivity index (χ1) is 9.70. The highest BCUT2D eigenvalue weighted by atomic mass is 79.9. The van der Waals surface area contributed by atoms with E-state index in [1.807, 2.05) is 4.72 Å². The van der Waals surface area contributed by atoms with Gasteiger partial charge in [-0.2, -0.15) is 0 Å². The van der Waals surface area contributed by atoms with E-state index in [1.54, 1.807) is 0 Å². The number of nitrogens with one attached hydrogen (secondary N) is 1. The van der Waals surface area contributed by atoms with Crippen LogP contribution in [0.4, 0.5) is 20.2 Å². The van der Waals surface area contributed by atoms with Crippen molar-refractivity contribution in [2.45, 2.75) is 4.90 Å². The summed E-state index contributed by atoms with van der Waals surface area (Å²) in [5.74, 6) is -1.75. The van der Waals surface area contributed by atoms with Gasteiger partial charge in [-0.15, -0.1) is 0 Å². The van der Waals surface area contributed by atoms with Gasteiger partial charge in [-0.1, -0.05) is 11.6 Å². The van der Waals surface area contributed by atoms with Gasteiger partial charge in [0.05, 0.1) is 15.8 Å². The van der Waals surface area contributed by atoms with E-state index in [0.717, 1.165) is 18.2 Å². The third-order valence-electron chi connectivity index (χ3n) is 2.52. The van der Waals surface area contributed by atoms with Crippen molar-refractivity contribution in [1.29, 1.82) is 0 Å². The third kappa shape index (κ3) is 3.45. The Labute approximate surface area is 133 Å². The van der Waals surface area contributed by atoms with Gasteiger partial charge in [-0.25, -0.2) is 17.2 Å². The highest BCUT2D eigenvalue weighted by molar-refractivity contribution is 9.10. The normalized spacial score (nSPS) is 11.4. The number of halogens is 4. The van der Waals surface area contributed by atoms with E-state index >= 15 is 0 Å². The van der Waals surface area contributed by atoms with Crippen LogP contribution in [0.15, 0.2) is 39.7 Å². The number of benzene rings is 2. The van der Waals surface area contributed by atoms with Gasteiger partial charge in [0.25, 0.3) is 10.0 Å². The SMILES string of the molecule is Nc1ccc(Cl)cc1S(=O)(=O)Nc1cc(F)c(Br)cc1F. The Kier molecular flexibility index (Phi) is 4.40. The topological polar surface area (TPSA) is 72.2 Å². The molecule has 0 aromatic heterocycles. The molecule has 0 unspecified atom stereocenters. The zero-order chi connectivity index (χ0) is 15.8. The summed E-state index contributed by atoms with van der Waals surface area (Å²) in [4.78, 5) is -0.322. The van der Waals surface area contributed by atoms with Crippen LogP contribution in [0.5, 0.6) is 0 Å². The second-order valence-electron chi connectivity index (χ2n) is 4.03. The highest BCUT2D eigenvalue weighted by Crippen LogP contribution is 2.28. The number of rotatable bonds is 3. The van der Waals surface area contributed by atoms with Gasteiger partial charge in [0.15, 0.2) is 0 Å². The standard InChI is InChI=1S/C12H8BrClF2N2O2S/c13-7-4-9(16)11(5-8(7)15)18-21(19,20)12-3-6(14)1-2-10(12)17/h1-5,18H,17H2. The Morgan fingerprint density at radius 1 is 1.14 bits per heavy atom. The van der Waals surface area contributed by atoms with Gasteiger partial charge in [0.2, 0.25) is 0 Å². The van der Waals surface area contributed by atoms with Crippen LogP contribution in [0.1, 0.15) is 0 Å². The number of anilines is 2. The van der Waals surface area contributed by atoms with Gasteiger partial charge < -0.3 is 5.73 Å². The average Bonchev–Trinajstić information content (AvgIpc) is 2.38. The monoisotopic (exact) mass is 396 g/mol. The number of hydrogen-bond acceptors (Lipinski definition) is 3. The lowest BCUT2D eigenvalue weighted by molar-refractivity contribution is 0.592. The molecule has 0 fully saturated rings.